The number of esters is 1. The number of aliphatic hydroxyl groups excluding tert-OH is 1. The molecule has 2 aliphatic rings. The van der Waals surface area contributed by atoms with Gasteiger partial charge < -0.3 is 14.6 Å². The first-order valence-electron chi connectivity index (χ1n) is 8.97. The molecule has 142 valence electrons. The van der Waals surface area contributed by atoms with E-state index in [0.29, 0.717) is 17.0 Å². The molecular weight excluding hydrogens is 379 g/mol. The molecule has 2 atom stereocenters. The van der Waals surface area contributed by atoms with Gasteiger partial charge in [-0.05, 0) is 25.0 Å². The Morgan fingerprint density at radius 2 is 1.96 bits per heavy atom. The second-order valence-electron chi connectivity index (χ2n) is 6.98. The van der Waals surface area contributed by atoms with Crippen molar-refractivity contribution in [2.24, 2.45) is 5.92 Å². The summed E-state index contributed by atoms with van der Waals surface area (Å²) in [6.45, 7) is 0.0229. The van der Waals surface area contributed by atoms with Crippen LogP contribution in [0.3, 0.4) is 0 Å². The van der Waals surface area contributed by atoms with E-state index >= 15 is 0 Å². The quantitative estimate of drug-likeness (QED) is 0.591. The van der Waals surface area contributed by atoms with Gasteiger partial charge in [-0.1, -0.05) is 42.5 Å². The van der Waals surface area contributed by atoms with E-state index in [4.69, 9.17) is 32.7 Å². The summed E-state index contributed by atoms with van der Waals surface area (Å²) in [6, 6.07) is 3.11. The summed E-state index contributed by atoms with van der Waals surface area (Å²) in [4.78, 5) is 24.4. The number of halogens is 2. The third kappa shape index (κ3) is 4.70. The first kappa shape index (κ1) is 19.5. The number of rotatable bonds is 5. The second kappa shape index (κ2) is 8.59. The Kier molecular flexibility index (Phi) is 6.43. The van der Waals surface area contributed by atoms with Crippen molar-refractivity contribution in [1.29, 1.82) is 0 Å². The van der Waals surface area contributed by atoms with Gasteiger partial charge in [-0.2, -0.15) is 0 Å². The van der Waals surface area contributed by atoms with Crippen molar-refractivity contribution < 1.29 is 24.2 Å². The summed E-state index contributed by atoms with van der Waals surface area (Å²) in [6.07, 6.45) is 3.91. The number of benzene rings is 1. The van der Waals surface area contributed by atoms with Crippen LogP contribution in [0.4, 0.5) is 0 Å². The Morgan fingerprint density at radius 3 is 2.65 bits per heavy atom. The Bertz CT molecular complexity index is 685. The Hall–Kier alpha value is -1.30. The molecule has 0 aromatic heterocycles. The summed E-state index contributed by atoms with van der Waals surface area (Å²) in [5.74, 6) is -0.249. The first-order valence-corrected chi connectivity index (χ1v) is 9.73. The topological polar surface area (TPSA) is 72.8 Å². The molecule has 1 aliphatic carbocycles. The van der Waals surface area contributed by atoms with Crippen molar-refractivity contribution in [3.63, 3.8) is 0 Å². The van der Waals surface area contributed by atoms with Crippen molar-refractivity contribution in [1.82, 2.24) is 0 Å². The molecule has 0 radical (unpaired) electrons. The first-order chi connectivity index (χ1) is 12.4. The molecule has 5 nitrogen and oxygen atoms in total. The summed E-state index contributed by atoms with van der Waals surface area (Å²) in [7, 11) is 0. The lowest BCUT2D eigenvalue weighted by molar-refractivity contribution is -0.162. The number of ketones is 1. The number of cyclic esters (lactones) is 1. The average Bonchev–Trinajstić information content (AvgIpc) is 2.59. The monoisotopic (exact) mass is 400 g/mol. The highest BCUT2D eigenvalue weighted by Gasteiger charge is 2.30. The molecule has 1 aromatic rings. The van der Waals surface area contributed by atoms with Crippen LogP contribution < -0.4 is 4.74 Å². The Morgan fingerprint density at radius 1 is 1.23 bits per heavy atom. The van der Waals surface area contributed by atoms with Crippen LogP contribution in [0.2, 0.25) is 10.0 Å². The molecule has 1 saturated carbocycles. The van der Waals surface area contributed by atoms with E-state index in [0.717, 1.165) is 32.1 Å². The number of carbonyl (C=O) groups is 2. The lowest BCUT2D eigenvalue weighted by atomic mass is 9.83. The fraction of sp³-hybridized carbons (Fsp3) is 0.579. The van der Waals surface area contributed by atoms with Crippen molar-refractivity contribution in [2.75, 3.05) is 6.61 Å². The van der Waals surface area contributed by atoms with Gasteiger partial charge in [0.25, 0.3) is 0 Å². The molecule has 3 rings (SSSR count). The average molecular weight is 401 g/mol. The van der Waals surface area contributed by atoms with E-state index in [1.807, 2.05) is 0 Å². The fourth-order valence-electron chi connectivity index (χ4n) is 3.61. The zero-order chi connectivity index (χ0) is 18.7. The molecule has 0 amide bonds. The highest BCUT2D eigenvalue weighted by Crippen LogP contribution is 2.37. The lowest BCUT2D eigenvalue weighted by Crippen LogP contribution is -2.36. The number of aliphatic hydroxyl groups is 1. The smallest absolute Gasteiger partial charge is 0.308 e. The van der Waals surface area contributed by atoms with Crippen molar-refractivity contribution >= 4 is 35.0 Å². The molecular formula is C19H22Cl2O5. The SMILES string of the molecule is O=C1C[C@H](O)C[C@@H](COc2c(Cl)cc(Cl)cc2C(=O)C2CCCCC2)O1. The van der Waals surface area contributed by atoms with E-state index in [1.54, 1.807) is 6.07 Å². The van der Waals surface area contributed by atoms with Crippen molar-refractivity contribution in [3.05, 3.63) is 27.7 Å². The third-order valence-corrected chi connectivity index (χ3v) is 5.40. The predicted octanol–water partition coefficient (Wildman–Crippen LogP) is 4.20. The van der Waals surface area contributed by atoms with Gasteiger partial charge in [0, 0.05) is 17.4 Å². The van der Waals surface area contributed by atoms with E-state index in [1.165, 1.54) is 6.07 Å². The summed E-state index contributed by atoms with van der Waals surface area (Å²) in [5, 5.41) is 10.3. The number of Topliss-reactive ketones (excluding diaryl/α,β-unsaturated/α-hetero) is 1. The largest absolute Gasteiger partial charge is 0.487 e. The van der Waals surface area contributed by atoms with Gasteiger partial charge in [-0.25, -0.2) is 0 Å². The van der Waals surface area contributed by atoms with Gasteiger partial charge in [0.05, 0.1) is 23.1 Å². The maximum Gasteiger partial charge on any atom is 0.308 e. The molecule has 0 bridgehead atoms. The van der Waals surface area contributed by atoms with Crippen molar-refractivity contribution in [3.8, 4) is 5.75 Å². The van der Waals surface area contributed by atoms with Gasteiger partial charge >= 0.3 is 5.97 Å². The van der Waals surface area contributed by atoms with Crippen LogP contribution >= 0.6 is 23.2 Å². The van der Waals surface area contributed by atoms with Crippen LogP contribution in [-0.2, 0) is 9.53 Å². The molecule has 1 aliphatic heterocycles. The van der Waals surface area contributed by atoms with Gasteiger partial charge in [0.15, 0.2) is 5.78 Å². The van der Waals surface area contributed by atoms with Crippen LogP contribution in [-0.4, -0.2) is 35.7 Å². The van der Waals surface area contributed by atoms with E-state index in [2.05, 4.69) is 0 Å². The summed E-state index contributed by atoms with van der Waals surface area (Å²) < 4.78 is 11.0. The zero-order valence-corrected chi connectivity index (χ0v) is 15.9. The Balaban J connectivity index is 1.77. The molecule has 2 fully saturated rings. The van der Waals surface area contributed by atoms with Gasteiger partial charge in [-0.15, -0.1) is 0 Å². The van der Waals surface area contributed by atoms with Gasteiger partial charge in [0.1, 0.15) is 18.5 Å². The van der Waals surface area contributed by atoms with Gasteiger partial charge in [0.2, 0.25) is 0 Å². The number of hydrogen-bond donors (Lipinski definition) is 1. The van der Waals surface area contributed by atoms with E-state index in [-0.39, 0.29) is 35.5 Å². The van der Waals surface area contributed by atoms with Crippen LogP contribution in [0.15, 0.2) is 12.1 Å². The standard InChI is InChI=1S/C19H22Cl2O5/c20-12-6-15(18(24)11-4-2-1-3-5-11)19(16(21)7-12)25-10-14-8-13(22)9-17(23)26-14/h6-7,11,13-14,22H,1-5,8-10H2/t13-,14+/m1/s1. The van der Waals surface area contributed by atoms with Crippen LogP contribution in [0.1, 0.15) is 55.3 Å². The van der Waals surface area contributed by atoms with E-state index < -0.39 is 18.2 Å². The minimum absolute atomic E-state index is 0.00947. The molecule has 26 heavy (non-hydrogen) atoms. The van der Waals surface area contributed by atoms with E-state index in [9.17, 15) is 14.7 Å². The third-order valence-electron chi connectivity index (χ3n) is 4.90. The fourth-order valence-corrected chi connectivity index (χ4v) is 4.16. The van der Waals surface area contributed by atoms with Crippen LogP contribution in [0, 0.1) is 5.92 Å². The lowest BCUT2D eigenvalue weighted by Gasteiger charge is -2.27. The maximum atomic E-state index is 13.0. The highest BCUT2D eigenvalue weighted by molar-refractivity contribution is 6.36. The van der Waals surface area contributed by atoms with Gasteiger partial charge in [-0.3, -0.25) is 9.59 Å². The molecule has 7 heteroatoms. The Labute approximate surface area is 162 Å². The van der Waals surface area contributed by atoms with Crippen LogP contribution in [0.25, 0.3) is 0 Å². The minimum Gasteiger partial charge on any atom is -0.487 e. The molecule has 1 heterocycles. The molecule has 0 spiro atoms. The molecule has 1 saturated heterocycles. The predicted molar refractivity (Wildman–Crippen MR) is 98.0 cm³/mol. The number of carbonyl (C=O) groups excluding carboxylic acids is 2. The maximum absolute atomic E-state index is 13.0. The zero-order valence-electron chi connectivity index (χ0n) is 14.4. The summed E-state index contributed by atoms with van der Waals surface area (Å²) in [5.41, 5.74) is 0.372. The van der Waals surface area contributed by atoms with Crippen LogP contribution in [0.5, 0.6) is 5.75 Å². The number of ether oxygens (including phenoxy) is 2. The highest BCUT2D eigenvalue weighted by atomic mass is 35.5. The minimum atomic E-state index is -0.742. The molecule has 0 unspecified atom stereocenters. The molecule has 1 N–H and O–H groups in total. The number of hydrogen-bond acceptors (Lipinski definition) is 5. The molecule has 1 aromatic carbocycles. The van der Waals surface area contributed by atoms with Crippen molar-refractivity contribution in [2.45, 2.75) is 57.2 Å². The normalized spacial score (nSPS) is 24.2. The summed E-state index contributed by atoms with van der Waals surface area (Å²) >= 11 is 12.4. The second-order valence-corrected chi connectivity index (χ2v) is 7.82.